The molecule has 34 heavy (non-hydrogen) atoms. The maximum atomic E-state index is 13.0. The molecular formula is C23H30N6O4S. The van der Waals surface area contributed by atoms with Gasteiger partial charge in [0.05, 0.1) is 36.6 Å². The molecule has 0 saturated carbocycles. The van der Waals surface area contributed by atoms with Crippen molar-refractivity contribution in [3.63, 3.8) is 0 Å². The number of ether oxygens (including phenoxy) is 2. The number of hydrogen-bond acceptors (Lipinski definition) is 7. The van der Waals surface area contributed by atoms with Gasteiger partial charge >= 0.3 is 5.69 Å². The van der Waals surface area contributed by atoms with Gasteiger partial charge < -0.3 is 19.4 Å². The first-order valence-corrected chi connectivity index (χ1v) is 13.1. The first-order chi connectivity index (χ1) is 16.6. The van der Waals surface area contributed by atoms with E-state index in [0.29, 0.717) is 36.2 Å². The fourth-order valence-electron chi connectivity index (χ4n) is 5.18. The lowest BCUT2D eigenvalue weighted by atomic mass is 9.95. The van der Waals surface area contributed by atoms with Crippen LogP contribution in [-0.2, 0) is 40.2 Å². The number of hydrogen-bond donors (Lipinski definition) is 2. The first kappa shape index (κ1) is 23.2. The van der Waals surface area contributed by atoms with Crippen LogP contribution in [0.25, 0.3) is 0 Å². The molecule has 0 aromatic carbocycles. The van der Waals surface area contributed by atoms with Crippen LogP contribution in [0, 0.1) is 11.3 Å². The molecule has 2 unspecified atom stereocenters. The highest BCUT2D eigenvalue weighted by atomic mass is 32.2. The molecule has 4 heterocycles. The second kappa shape index (κ2) is 10.4. The Bertz CT molecular complexity index is 1130. The van der Waals surface area contributed by atoms with Crippen LogP contribution in [0.5, 0.6) is 0 Å². The third kappa shape index (κ3) is 4.80. The van der Waals surface area contributed by atoms with Crippen LogP contribution in [0.15, 0.2) is 9.95 Å². The minimum Gasteiger partial charge on any atom is -0.376 e. The van der Waals surface area contributed by atoms with Crippen molar-refractivity contribution in [2.45, 2.75) is 81.8 Å². The Morgan fingerprint density at radius 2 is 1.82 bits per heavy atom. The monoisotopic (exact) mass is 486 g/mol. The van der Waals surface area contributed by atoms with Crippen LogP contribution < -0.4 is 11.0 Å². The third-order valence-corrected chi connectivity index (χ3v) is 7.80. The molecule has 2 aromatic rings. The summed E-state index contributed by atoms with van der Waals surface area (Å²) in [5, 5.41) is 20.0. The van der Waals surface area contributed by atoms with E-state index >= 15 is 0 Å². The predicted octanol–water partition coefficient (Wildman–Crippen LogP) is 2.21. The van der Waals surface area contributed by atoms with Crippen molar-refractivity contribution >= 4 is 23.5 Å². The van der Waals surface area contributed by atoms with Crippen molar-refractivity contribution in [1.82, 2.24) is 19.3 Å². The summed E-state index contributed by atoms with van der Waals surface area (Å²) in [6.07, 6.45) is 7.91. The lowest BCUT2D eigenvalue weighted by molar-refractivity contribution is -0.113. The molecule has 1 aliphatic carbocycles. The highest BCUT2D eigenvalue weighted by Gasteiger charge is 2.28. The molecule has 2 N–H and O–H groups in total. The quantitative estimate of drug-likeness (QED) is 0.548. The molecule has 11 heteroatoms. The Balaban J connectivity index is 1.31. The molecule has 3 aliphatic rings. The van der Waals surface area contributed by atoms with Crippen LogP contribution in [-0.4, -0.2) is 56.4 Å². The van der Waals surface area contributed by atoms with E-state index in [2.05, 4.69) is 26.2 Å². The summed E-state index contributed by atoms with van der Waals surface area (Å²) in [6, 6.07) is 2.34. The fourth-order valence-corrected chi connectivity index (χ4v) is 5.93. The summed E-state index contributed by atoms with van der Waals surface area (Å²) < 4.78 is 15.1. The Hall–Kier alpha value is -2.55. The Labute approximate surface area is 202 Å². The molecule has 2 saturated heterocycles. The molecule has 0 radical (unpaired) electrons. The number of rotatable bonds is 8. The molecule has 10 nitrogen and oxygen atoms in total. The molecule has 182 valence electrons. The molecule has 2 fully saturated rings. The van der Waals surface area contributed by atoms with E-state index in [0.717, 1.165) is 69.2 Å². The number of H-pyrrole nitrogens is 1. The van der Waals surface area contributed by atoms with Gasteiger partial charge in [0.15, 0.2) is 5.16 Å². The number of aromatic nitrogens is 4. The van der Waals surface area contributed by atoms with Gasteiger partial charge in [-0.15, -0.1) is 5.10 Å². The maximum absolute atomic E-state index is 13.0. The number of fused-ring (bicyclic) bond motifs is 1. The normalized spacial score (nSPS) is 22.0. The van der Waals surface area contributed by atoms with E-state index < -0.39 is 0 Å². The van der Waals surface area contributed by atoms with Crippen molar-refractivity contribution in [2.75, 3.05) is 24.3 Å². The molecule has 0 spiro atoms. The summed E-state index contributed by atoms with van der Waals surface area (Å²) in [5.41, 5.74) is 2.48. The molecule has 2 aliphatic heterocycles. The summed E-state index contributed by atoms with van der Waals surface area (Å²) >= 11 is 1.20. The minimum absolute atomic E-state index is 0.00549. The van der Waals surface area contributed by atoms with E-state index in [9.17, 15) is 14.9 Å². The summed E-state index contributed by atoms with van der Waals surface area (Å²) in [4.78, 5) is 25.2. The summed E-state index contributed by atoms with van der Waals surface area (Å²) in [6.45, 7) is 2.54. The summed E-state index contributed by atoms with van der Waals surface area (Å²) in [5.74, 6) is 0.425. The Morgan fingerprint density at radius 1 is 1.12 bits per heavy atom. The van der Waals surface area contributed by atoms with Crippen molar-refractivity contribution < 1.29 is 14.3 Å². The molecule has 5 rings (SSSR count). The molecule has 1 amide bonds. The highest BCUT2D eigenvalue weighted by Crippen LogP contribution is 2.34. The van der Waals surface area contributed by atoms with Crippen LogP contribution in [0.2, 0.25) is 0 Å². The van der Waals surface area contributed by atoms with Crippen LogP contribution in [0.1, 0.15) is 55.3 Å². The van der Waals surface area contributed by atoms with Gasteiger partial charge in [0.1, 0.15) is 11.9 Å². The van der Waals surface area contributed by atoms with Gasteiger partial charge in [0.25, 0.3) is 0 Å². The minimum atomic E-state index is -0.303. The van der Waals surface area contributed by atoms with E-state index in [1.165, 1.54) is 16.3 Å². The zero-order chi connectivity index (χ0) is 23.5. The second-order valence-corrected chi connectivity index (χ2v) is 10.0. The Kier molecular flexibility index (Phi) is 7.08. The fraction of sp³-hybridized carbons (Fsp3) is 0.652. The molecule has 2 atom stereocenters. The number of aromatic amines is 1. The number of nitrogens with zero attached hydrogens (tertiary/aromatic N) is 4. The van der Waals surface area contributed by atoms with Gasteiger partial charge in [-0.05, 0) is 56.9 Å². The zero-order valence-electron chi connectivity index (χ0n) is 19.2. The maximum Gasteiger partial charge on any atom is 0.344 e. The van der Waals surface area contributed by atoms with Gasteiger partial charge in [0, 0.05) is 18.9 Å². The van der Waals surface area contributed by atoms with Gasteiger partial charge in [-0.1, -0.05) is 11.8 Å². The van der Waals surface area contributed by atoms with Crippen LogP contribution in [0.3, 0.4) is 0 Å². The van der Waals surface area contributed by atoms with Gasteiger partial charge in [-0.25, -0.2) is 9.89 Å². The van der Waals surface area contributed by atoms with Crippen molar-refractivity contribution in [2.24, 2.45) is 0 Å². The number of anilines is 1. The SMILES string of the molecule is N#Cc1c2c(n(CC3CCCO3)c1NC(=O)CSc1n[nH]c(=O)n1CC1CCCO1)CCCC2. The average Bonchev–Trinajstić information content (AvgIpc) is 3.64. The number of nitrogens with one attached hydrogen (secondary N) is 2. The largest absolute Gasteiger partial charge is 0.376 e. The van der Waals surface area contributed by atoms with Gasteiger partial charge in [-0.3, -0.25) is 9.36 Å². The second-order valence-electron chi connectivity index (χ2n) is 9.11. The van der Waals surface area contributed by atoms with Crippen molar-refractivity contribution in [1.29, 1.82) is 5.26 Å². The molecule has 2 aromatic heterocycles. The van der Waals surface area contributed by atoms with E-state index in [1.54, 1.807) is 0 Å². The number of thioether (sulfide) groups is 1. The number of amides is 1. The first-order valence-electron chi connectivity index (χ1n) is 12.1. The highest BCUT2D eigenvalue weighted by molar-refractivity contribution is 7.99. The Morgan fingerprint density at radius 3 is 2.50 bits per heavy atom. The lowest BCUT2D eigenvalue weighted by Gasteiger charge is -2.19. The van der Waals surface area contributed by atoms with Crippen LogP contribution in [0.4, 0.5) is 5.82 Å². The lowest BCUT2D eigenvalue weighted by Crippen LogP contribution is -2.25. The van der Waals surface area contributed by atoms with E-state index in [-0.39, 0.29) is 29.6 Å². The number of nitriles is 1. The van der Waals surface area contributed by atoms with Gasteiger partial charge in [-0.2, -0.15) is 5.26 Å². The van der Waals surface area contributed by atoms with Crippen molar-refractivity contribution in [3.8, 4) is 6.07 Å². The molecule has 0 bridgehead atoms. The van der Waals surface area contributed by atoms with Gasteiger partial charge in [0.2, 0.25) is 5.91 Å². The number of carbonyl (C=O) groups excluding carboxylic acids is 1. The molecular weight excluding hydrogens is 456 g/mol. The topological polar surface area (TPSA) is 127 Å². The van der Waals surface area contributed by atoms with E-state index in [1.807, 2.05) is 0 Å². The summed E-state index contributed by atoms with van der Waals surface area (Å²) in [7, 11) is 0. The smallest absolute Gasteiger partial charge is 0.344 e. The van der Waals surface area contributed by atoms with Crippen molar-refractivity contribution in [3.05, 3.63) is 27.3 Å². The average molecular weight is 487 g/mol. The number of carbonyl (C=O) groups is 1. The van der Waals surface area contributed by atoms with E-state index in [4.69, 9.17) is 9.47 Å². The van der Waals surface area contributed by atoms with Crippen LogP contribution >= 0.6 is 11.8 Å². The standard InChI is InChI=1S/C23H30N6O4S/c24-11-18-17-7-1-2-8-19(17)28(12-15-5-3-9-32-15)21(18)25-20(30)14-34-23-27-26-22(31)29(23)13-16-6-4-10-33-16/h15-16H,1-10,12-14H2,(H,25,30)(H,26,31). The zero-order valence-corrected chi connectivity index (χ0v) is 20.0. The predicted molar refractivity (Wildman–Crippen MR) is 126 cm³/mol. The third-order valence-electron chi connectivity index (χ3n) is 6.82.